The van der Waals surface area contributed by atoms with Crippen molar-refractivity contribution in [3.63, 3.8) is 0 Å². The van der Waals surface area contributed by atoms with Crippen LogP contribution in [0.25, 0.3) is 0 Å². The highest BCUT2D eigenvalue weighted by atomic mass is 35.5. The fourth-order valence-corrected chi connectivity index (χ4v) is 1.52. The molecule has 0 heterocycles. The number of hydrogen-bond donors (Lipinski definition) is 3. The van der Waals surface area contributed by atoms with Gasteiger partial charge in [0.1, 0.15) is 5.03 Å². The third-order valence-electron chi connectivity index (χ3n) is 2.51. The quantitative estimate of drug-likeness (QED) is 0.414. The largest absolute Gasteiger partial charge is 0.456 e. The van der Waals surface area contributed by atoms with Gasteiger partial charge in [0.05, 0.1) is 0 Å². The third kappa shape index (κ3) is 5.75. The van der Waals surface area contributed by atoms with E-state index in [2.05, 4.69) is 0 Å². The number of nitrogens with two attached hydrogens (primary N) is 3. The minimum Gasteiger partial charge on any atom is -0.456 e. The standard InChI is InChI=1S/C12H19ClF3N3O/c1-4-8(7(3)17)10(18)20-11(19)9(13)5-6(2)12(14,15)16/h5,10H,4,17-19H2,1-3H3/b6-5+,8-7-,11-9-. The molecule has 0 saturated heterocycles. The lowest BCUT2D eigenvalue weighted by Crippen LogP contribution is -2.30. The molecule has 0 bridgehead atoms. The zero-order chi connectivity index (χ0) is 16.1. The highest BCUT2D eigenvalue weighted by Crippen LogP contribution is 2.27. The van der Waals surface area contributed by atoms with Gasteiger partial charge in [-0.2, -0.15) is 13.2 Å². The molecule has 0 fully saturated rings. The Balaban J connectivity index is 5.13. The van der Waals surface area contributed by atoms with Crippen molar-refractivity contribution in [2.24, 2.45) is 17.2 Å². The fourth-order valence-electron chi connectivity index (χ4n) is 1.31. The maximum Gasteiger partial charge on any atom is 0.412 e. The van der Waals surface area contributed by atoms with Crippen LogP contribution >= 0.6 is 11.6 Å². The summed E-state index contributed by atoms with van der Waals surface area (Å²) in [7, 11) is 0. The zero-order valence-electron chi connectivity index (χ0n) is 11.5. The summed E-state index contributed by atoms with van der Waals surface area (Å²) in [5, 5.41) is -0.375. The Morgan fingerprint density at radius 1 is 1.30 bits per heavy atom. The minimum atomic E-state index is -4.48. The molecule has 0 rings (SSSR count). The second-order valence-corrected chi connectivity index (χ2v) is 4.54. The van der Waals surface area contributed by atoms with Gasteiger partial charge in [-0.15, -0.1) is 0 Å². The Morgan fingerprint density at radius 2 is 1.80 bits per heavy atom. The summed E-state index contributed by atoms with van der Waals surface area (Å²) in [5.41, 5.74) is 16.9. The first-order valence-electron chi connectivity index (χ1n) is 5.78. The number of alkyl halides is 3. The average Bonchev–Trinajstić information content (AvgIpc) is 2.27. The van der Waals surface area contributed by atoms with E-state index in [0.717, 1.165) is 6.92 Å². The van der Waals surface area contributed by atoms with E-state index in [1.54, 1.807) is 6.92 Å². The zero-order valence-corrected chi connectivity index (χ0v) is 12.3. The molecule has 1 atom stereocenters. The van der Waals surface area contributed by atoms with Gasteiger partial charge in [-0.3, -0.25) is 5.73 Å². The molecule has 0 radical (unpaired) electrons. The first-order chi connectivity index (χ1) is 9.00. The Morgan fingerprint density at radius 3 is 2.15 bits per heavy atom. The lowest BCUT2D eigenvalue weighted by Gasteiger charge is -2.18. The van der Waals surface area contributed by atoms with Gasteiger partial charge in [-0.1, -0.05) is 18.5 Å². The molecule has 1 unspecified atom stereocenters. The van der Waals surface area contributed by atoms with E-state index < -0.39 is 23.9 Å². The van der Waals surface area contributed by atoms with Crippen LogP contribution in [-0.4, -0.2) is 12.4 Å². The van der Waals surface area contributed by atoms with Crippen LogP contribution in [0.4, 0.5) is 13.2 Å². The number of allylic oxidation sites excluding steroid dienone is 4. The molecule has 116 valence electrons. The fraction of sp³-hybridized carbons (Fsp3) is 0.500. The van der Waals surface area contributed by atoms with E-state index in [4.69, 9.17) is 33.5 Å². The Labute approximate surface area is 121 Å². The third-order valence-corrected chi connectivity index (χ3v) is 2.81. The summed E-state index contributed by atoms with van der Waals surface area (Å²) in [4.78, 5) is 0. The van der Waals surface area contributed by atoms with Gasteiger partial charge in [0, 0.05) is 16.8 Å². The van der Waals surface area contributed by atoms with Gasteiger partial charge in [0.2, 0.25) is 5.88 Å². The summed E-state index contributed by atoms with van der Waals surface area (Å²) in [6, 6.07) is 0. The minimum absolute atomic E-state index is 0.375. The summed E-state index contributed by atoms with van der Waals surface area (Å²) in [6.07, 6.45) is -4.25. The maximum atomic E-state index is 12.3. The second-order valence-electron chi connectivity index (χ2n) is 4.14. The smallest absolute Gasteiger partial charge is 0.412 e. The van der Waals surface area contributed by atoms with Gasteiger partial charge >= 0.3 is 6.18 Å². The van der Waals surface area contributed by atoms with Crippen LogP contribution in [0.5, 0.6) is 0 Å². The molecular formula is C12H19ClF3N3O. The molecule has 0 spiro atoms. The molecule has 0 aromatic heterocycles. The second kappa shape index (κ2) is 7.44. The number of rotatable bonds is 5. The van der Waals surface area contributed by atoms with Gasteiger partial charge in [0.15, 0.2) is 6.23 Å². The van der Waals surface area contributed by atoms with Crippen molar-refractivity contribution in [2.45, 2.75) is 39.6 Å². The van der Waals surface area contributed by atoms with Crippen molar-refractivity contribution in [3.05, 3.63) is 33.8 Å². The van der Waals surface area contributed by atoms with Crippen LogP contribution in [0.2, 0.25) is 0 Å². The summed E-state index contributed by atoms with van der Waals surface area (Å²) >= 11 is 5.65. The van der Waals surface area contributed by atoms with Gasteiger partial charge < -0.3 is 16.2 Å². The molecule has 0 aliphatic carbocycles. The molecule has 4 nitrogen and oxygen atoms in total. The molecular weight excluding hydrogens is 295 g/mol. The molecule has 0 aromatic carbocycles. The maximum absolute atomic E-state index is 12.3. The lowest BCUT2D eigenvalue weighted by atomic mass is 10.1. The summed E-state index contributed by atoms with van der Waals surface area (Å²) < 4.78 is 42.1. The van der Waals surface area contributed by atoms with Crippen LogP contribution in [-0.2, 0) is 4.74 Å². The van der Waals surface area contributed by atoms with Crippen LogP contribution in [0.1, 0.15) is 27.2 Å². The number of ether oxygens (including phenoxy) is 1. The molecule has 20 heavy (non-hydrogen) atoms. The average molecular weight is 314 g/mol. The van der Waals surface area contributed by atoms with Crippen molar-refractivity contribution in [3.8, 4) is 0 Å². The van der Waals surface area contributed by atoms with E-state index in [1.807, 2.05) is 6.92 Å². The predicted molar refractivity (Wildman–Crippen MR) is 73.1 cm³/mol. The van der Waals surface area contributed by atoms with Crippen molar-refractivity contribution in [1.29, 1.82) is 0 Å². The number of hydrogen-bond acceptors (Lipinski definition) is 4. The van der Waals surface area contributed by atoms with E-state index in [1.165, 1.54) is 0 Å². The SMILES string of the molecule is CC/C(=C(\C)N)C(N)O/C(N)=C(Cl)/C=C(\C)C(F)(F)F. The van der Waals surface area contributed by atoms with Crippen molar-refractivity contribution >= 4 is 11.6 Å². The van der Waals surface area contributed by atoms with Crippen LogP contribution in [0, 0.1) is 0 Å². The molecule has 0 aliphatic rings. The van der Waals surface area contributed by atoms with Crippen molar-refractivity contribution < 1.29 is 17.9 Å². The van der Waals surface area contributed by atoms with E-state index >= 15 is 0 Å². The van der Waals surface area contributed by atoms with Crippen LogP contribution in [0.15, 0.2) is 33.8 Å². The monoisotopic (exact) mass is 313 g/mol. The molecule has 0 amide bonds. The van der Waals surface area contributed by atoms with E-state index in [9.17, 15) is 13.2 Å². The van der Waals surface area contributed by atoms with E-state index in [-0.39, 0.29) is 5.03 Å². The molecule has 0 saturated carbocycles. The predicted octanol–water partition coefficient (Wildman–Crippen LogP) is 2.81. The normalized spacial score (nSPS) is 17.3. The summed E-state index contributed by atoms with van der Waals surface area (Å²) in [6.45, 7) is 4.32. The van der Waals surface area contributed by atoms with Gasteiger partial charge in [-0.05, 0) is 26.3 Å². The highest BCUT2D eigenvalue weighted by molar-refractivity contribution is 6.31. The van der Waals surface area contributed by atoms with E-state index in [0.29, 0.717) is 23.8 Å². The summed E-state index contributed by atoms with van der Waals surface area (Å²) in [5.74, 6) is -0.394. The first-order valence-corrected chi connectivity index (χ1v) is 6.16. The topological polar surface area (TPSA) is 87.3 Å². The lowest BCUT2D eigenvalue weighted by molar-refractivity contribution is -0.0913. The highest BCUT2D eigenvalue weighted by Gasteiger charge is 2.30. The number of halogens is 4. The molecule has 6 N–H and O–H groups in total. The van der Waals surface area contributed by atoms with Crippen molar-refractivity contribution in [1.82, 2.24) is 0 Å². The van der Waals surface area contributed by atoms with Gasteiger partial charge in [-0.25, -0.2) is 0 Å². The Kier molecular flexibility index (Phi) is 6.95. The Hall–Kier alpha value is -1.34. The first kappa shape index (κ1) is 18.7. The molecule has 0 aromatic rings. The molecule has 8 heteroatoms. The Bertz CT molecular complexity index is 438. The van der Waals surface area contributed by atoms with Crippen LogP contribution < -0.4 is 17.2 Å². The van der Waals surface area contributed by atoms with Crippen LogP contribution in [0.3, 0.4) is 0 Å². The van der Waals surface area contributed by atoms with Gasteiger partial charge in [0.25, 0.3) is 0 Å². The molecule has 0 aliphatic heterocycles. The van der Waals surface area contributed by atoms with Crippen molar-refractivity contribution in [2.75, 3.05) is 0 Å².